The first-order chi connectivity index (χ1) is 14.5. The van der Waals surface area contributed by atoms with E-state index < -0.39 is 6.04 Å². The Kier molecular flexibility index (Phi) is 7.67. The van der Waals surface area contributed by atoms with Crippen LogP contribution in [0, 0.1) is 13.8 Å². The standard InChI is InChI=1S/C26H34N2O2/c1-4-24(26(30)27-23-14-7-8-15-23)28(18-22-13-6-5-11-20(22)3)25(29)17-21-12-9-10-19(2)16-21/h5-6,9-13,16,23-24H,4,7-8,14-15,17-18H2,1-3H3,(H,27,30). The smallest absolute Gasteiger partial charge is 0.243 e. The lowest BCUT2D eigenvalue weighted by Crippen LogP contribution is -2.51. The molecule has 4 nitrogen and oxygen atoms in total. The summed E-state index contributed by atoms with van der Waals surface area (Å²) in [6, 6.07) is 15.9. The molecule has 4 heteroatoms. The predicted molar refractivity (Wildman–Crippen MR) is 121 cm³/mol. The Hall–Kier alpha value is -2.62. The Morgan fingerprint density at radius 2 is 1.80 bits per heavy atom. The highest BCUT2D eigenvalue weighted by molar-refractivity contribution is 5.88. The van der Waals surface area contributed by atoms with E-state index in [0.29, 0.717) is 19.4 Å². The van der Waals surface area contributed by atoms with Crippen LogP contribution in [0.3, 0.4) is 0 Å². The molecule has 0 saturated heterocycles. The minimum Gasteiger partial charge on any atom is -0.352 e. The molecule has 0 heterocycles. The molecule has 0 spiro atoms. The lowest BCUT2D eigenvalue weighted by molar-refractivity contribution is -0.141. The molecule has 160 valence electrons. The third-order valence-electron chi connectivity index (χ3n) is 6.13. The maximum atomic E-state index is 13.4. The van der Waals surface area contributed by atoms with Crippen molar-refractivity contribution >= 4 is 11.8 Å². The lowest BCUT2D eigenvalue weighted by atomic mass is 10.0. The van der Waals surface area contributed by atoms with Crippen molar-refractivity contribution in [1.29, 1.82) is 0 Å². The van der Waals surface area contributed by atoms with Gasteiger partial charge in [-0.05, 0) is 49.8 Å². The van der Waals surface area contributed by atoms with E-state index in [1.807, 2.05) is 56.3 Å². The summed E-state index contributed by atoms with van der Waals surface area (Å²) in [7, 11) is 0. The van der Waals surface area contributed by atoms with Gasteiger partial charge in [-0.1, -0.05) is 73.9 Å². The summed E-state index contributed by atoms with van der Waals surface area (Å²) in [5, 5.41) is 3.21. The first kappa shape index (κ1) is 22.1. The highest BCUT2D eigenvalue weighted by Crippen LogP contribution is 2.20. The first-order valence-electron chi connectivity index (χ1n) is 11.2. The highest BCUT2D eigenvalue weighted by atomic mass is 16.2. The number of hydrogen-bond acceptors (Lipinski definition) is 2. The van der Waals surface area contributed by atoms with Crippen molar-refractivity contribution in [2.45, 2.75) is 77.9 Å². The molecule has 1 atom stereocenters. The van der Waals surface area contributed by atoms with E-state index in [1.54, 1.807) is 4.90 Å². The van der Waals surface area contributed by atoms with E-state index in [1.165, 1.54) is 12.8 Å². The number of benzene rings is 2. The molecular weight excluding hydrogens is 372 g/mol. The number of amides is 2. The summed E-state index contributed by atoms with van der Waals surface area (Å²) >= 11 is 0. The summed E-state index contributed by atoms with van der Waals surface area (Å²) < 4.78 is 0. The maximum Gasteiger partial charge on any atom is 0.243 e. The second-order valence-corrected chi connectivity index (χ2v) is 8.53. The average Bonchev–Trinajstić information content (AvgIpc) is 3.22. The second-order valence-electron chi connectivity index (χ2n) is 8.53. The van der Waals surface area contributed by atoms with Gasteiger partial charge in [0.1, 0.15) is 6.04 Å². The van der Waals surface area contributed by atoms with E-state index in [-0.39, 0.29) is 17.9 Å². The van der Waals surface area contributed by atoms with Crippen LogP contribution < -0.4 is 5.32 Å². The van der Waals surface area contributed by atoms with E-state index in [4.69, 9.17) is 0 Å². The van der Waals surface area contributed by atoms with Crippen molar-refractivity contribution < 1.29 is 9.59 Å². The largest absolute Gasteiger partial charge is 0.352 e. The van der Waals surface area contributed by atoms with Crippen LogP contribution in [-0.4, -0.2) is 28.8 Å². The topological polar surface area (TPSA) is 49.4 Å². The Bertz CT molecular complexity index is 871. The maximum absolute atomic E-state index is 13.4. The summed E-state index contributed by atoms with van der Waals surface area (Å²) in [5.41, 5.74) is 4.34. The molecular formula is C26H34N2O2. The van der Waals surface area contributed by atoms with Crippen molar-refractivity contribution in [2.75, 3.05) is 0 Å². The van der Waals surface area contributed by atoms with Crippen molar-refractivity contribution in [2.24, 2.45) is 0 Å². The fraction of sp³-hybridized carbons (Fsp3) is 0.462. The zero-order valence-electron chi connectivity index (χ0n) is 18.5. The van der Waals surface area contributed by atoms with Gasteiger partial charge >= 0.3 is 0 Å². The molecule has 0 aliphatic heterocycles. The summed E-state index contributed by atoms with van der Waals surface area (Å²) in [4.78, 5) is 28.4. The summed E-state index contributed by atoms with van der Waals surface area (Å²) in [5.74, 6) is -0.0205. The molecule has 0 bridgehead atoms. The molecule has 1 aliphatic carbocycles. The number of carbonyl (C=O) groups is 2. The van der Waals surface area contributed by atoms with Crippen LogP contribution in [-0.2, 0) is 22.6 Å². The Morgan fingerprint density at radius 3 is 2.47 bits per heavy atom. The van der Waals surface area contributed by atoms with Gasteiger partial charge in [0.05, 0.1) is 6.42 Å². The molecule has 0 aromatic heterocycles. The minimum absolute atomic E-state index is 0.00252. The SMILES string of the molecule is CCC(C(=O)NC1CCCC1)N(Cc1ccccc1C)C(=O)Cc1cccc(C)c1. The zero-order valence-corrected chi connectivity index (χ0v) is 18.5. The second kappa shape index (κ2) is 10.4. The van der Waals surface area contributed by atoms with E-state index >= 15 is 0 Å². The fourth-order valence-electron chi connectivity index (χ4n) is 4.36. The number of nitrogens with zero attached hydrogens (tertiary/aromatic N) is 1. The zero-order chi connectivity index (χ0) is 21.5. The molecule has 30 heavy (non-hydrogen) atoms. The van der Waals surface area contributed by atoms with Gasteiger partial charge in [-0.25, -0.2) is 0 Å². The highest BCUT2D eigenvalue weighted by Gasteiger charge is 2.30. The van der Waals surface area contributed by atoms with Crippen molar-refractivity contribution in [3.63, 3.8) is 0 Å². The van der Waals surface area contributed by atoms with E-state index in [0.717, 1.165) is 35.1 Å². The van der Waals surface area contributed by atoms with Crippen LogP contribution in [0.2, 0.25) is 0 Å². The quantitative estimate of drug-likeness (QED) is 0.690. The molecule has 0 radical (unpaired) electrons. The number of rotatable bonds is 8. The normalized spacial score (nSPS) is 15.0. The van der Waals surface area contributed by atoms with Gasteiger partial charge in [-0.15, -0.1) is 0 Å². The van der Waals surface area contributed by atoms with Crippen LogP contribution in [0.4, 0.5) is 0 Å². The van der Waals surface area contributed by atoms with Gasteiger partial charge in [0.2, 0.25) is 11.8 Å². The molecule has 1 aliphatic rings. The first-order valence-corrected chi connectivity index (χ1v) is 11.2. The van der Waals surface area contributed by atoms with Crippen LogP contribution in [0.25, 0.3) is 0 Å². The summed E-state index contributed by atoms with van der Waals surface area (Å²) in [6.07, 6.45) is 5.32. The van der Waals surface area contributed by atoms with Crippen molar-refractivity contribution in [3.05, 3.63) is 70.8 Å². The average molecular weight is 407 g/mol. The summed E-state index contributed by atoms with van der Waals surface area (Å²) in [6.45, 7) is 6.53. The lowest BCUT2D eigenvalue weighted by Gasteiger charge is -2.32. The number of carbonyl (C=O) groups excluding carboxylic acids is 2. The Balaban J connectivity index is 1.83. The van der Waals surface area contributed by atoms with E-state index in [2.05, 4.69) is 18.3 Å². The molecule has 1 N–H and O–H groups in total. The molecule has 2 aromatic rings. The van der Waals surface area contributed by atoms with Crippen LogP contribution in [0.1, 0.15) is 61.3 Å². The van der Waals surface area contributed by atoms with Gasteiger partial charge in [-0.3, -0.25) is 9.59 Å². The third-order valence-corrected chi connectivity index (χ3v) is 6.13. The molecule has 1 fully saturated rings. The molecule has 2 amide bonds. The van der Waals surface area contributed by atoms with Crippen LogP contribution in [0.15, 0.2) is 48.5 Å². The van der Waals surface area contributed by atoms with Gasteiger partial charge < -0.3 is 10.2 Å². The van der Waals surface area contributed by atoms with Crippen LogP contribution >= 0.6 is 0 Å². The van der Waals surface area contributed by atoms with Gasteiger partial charge in [-0.2, -0.15) is 0 Å². The number of nitrogens with one attached hydrogen (secondary N) is 1. The minimum atomic E-state index is -0.456. The monoisotopic (exact) mass is 406 g/mol. The molecule has 1 unspecified atom stereocenters. The molecule has 3 rings (SSSR count). The van der Waals surface area contributed by atoms with Gasteiger partial charge in [0, 0.05) is 12.6 Å². The molecule has 1 saturated carbocycles. The van der Waals surface area contributed by atoms with Crippen LogP contribution in [0.5, 0.6) is 0 Å². The molecule has 2 aromatic carbocycles. The predicted octanol–water partition coefficient (Wildman–Crippen LogP) is 4.71. The number of hydrogen-bond donors (Lipinski definition) is 1. The van der Waals surface area contributed by atoms with Gasteiger partial charge in [0.25, 0.3) is 0 Å². The van der Waals surface area contributed by atoms with Gasteiger partial charge in [0.15, 0.2) is 0 Å². The van der Waals surface area contributed by atoms with E-state index in [9.17, 15) is 9.59 Å². The Morgan fingerprint density at radius 1 is 1.07 bits per heavy atom. The number of aryl methyl sites for hydroxylation is 2. The third kappa shape index (κ3) is 5.71. The Labute approximate surface area is 180 Å². The van der Waals surface area contributed by atoms with Crippen molar-refractivity contribution in [1.82, 2.24) is 10.2 Å². The van der Waals surface area contributed by atoms with Crippen molar-refractivity contribution in [3.8, 4) is 0 Å². The fourth-order valence-corrected chi connectivity index (χ4v) is 4.36.